The average molecular weight is 343 g/mol. The standard InChI is InChI=1S/C19H25N3O3/c1-13(16-5-4-6-17(12-16)24-3)11-18(23)22-9-7-15(8-10-22)19-20-14(2)25-21-19/h4-6,12-13,15H,7-11H2,1-3H3/t13-/m0/s1. The number of carbonyl (C=O) groups excluding carboxylic acids is 1. The number of carbonyl (C=O) groups is 1. The highest BCUT2D eigenvalue weighted by Crippen LogP contribution is 2.28. The van der Waals surface area contributed by atoms with Crippen LogP contribution in [0.2, 0.25) is 0 Å². The second-order valence-corrected chi connectivity index (χ2v) is 6.71. The second-order valence-electron chi connectivity index (χ2n) is 6.71. The molecule has 6 nitrogen and oxygen atoms in total. The molecule has 1 saturated heterocycles. The van der Waals surface area contributed by atoms with Gasteiger partial charge in [0.05, 0.1) is 7.11 Å². The molecule has 0 saturated carbocycles. The highest BCUT2D eigenvalue weighted by molar-refractivity contribution is 5.77. The lowest BCUT2D eigenvalue weighted by Crippen LogP contribution is -2.38. The normalized spacial score (nSPS) is 16.7. The number of aryl methyl sites for hydroxylation is 1. The van der Waals surface area contributed by atoms with Crippen LogP contribution in [-0.2, 0) is 4.79 Å². The van der Waals surface area contributed by atoms with Crippen molar-refractivity contribution >= 4 is 5.91 Å². The summed E-state index contributed by atoms with van der Waals surface area (Å²) in [4.78, 5) is 18.9. The molecule has 2 heterocycles. The van der Waals surface area contributed by atoms with E-state index in [1.807, 2.05) is 29.2 Å². The first kappa shape index (κ1) is 17.5. The van der Waals surface area contributed by atoms with Gasteiger partial charge in [0.25, 0.3) is 0 Å². The largest absolute Gasteiger partial charge is 0.497 e. The van der Waals surface area contributed by atoms with E-state index < -0.39 is 0 Å². The first-order valence-corrected chi connectivity index (χ1v) is 8.78. The van der Waals surface area contributed by atoms with E-state index in [1.165, 1.54) is 0 Å². The first-order chi connectivity index (χ1) is 12.1. The van der Waals surface area contributed by atoms with Gasteiger partial charge in [-0.25, -0.2) is 0 Å². The Balaban J connectivity index is 1.53. The Hall–Kier alpha value is -2.37. The van der Waals surface area contributed by atoms with Gasteiger partial charge in [-0.2, -0.15) is 4.98 Å². The van der Waals surface area contributed by atoms with Crippen LogP contribution in [0.5, 0.6) is 5.75 Å². The van der Waals surface area contributed by atoms with Crippen LogP contribution in [0.15, 0.2) is 28.8 Å². The van der Waals surface area contributed by atoms with Gasteiger partial charge in [0, 0.05) is 32.4 Å². The molecule has 1 amide bonds. The van der Waals surface area contributed by atoms with E-state index in [-0.39, 0.29) is 17.7 Å². The predicted molar refractivity (Wildman–Crippen MR) is 93.6 cm³/mol. The molecule has 0 N–H and O–H groups in total. The molecular weight excluding hydrogens is 318 g/mol. The summed E-state index contributed by atoms with van der Waals surface area (Å²) in [5, 5.41) is 4.01. The molecule has 3 rings (SSSR count). The maximum Gasteiger partial charge on any atom is 0.223 e. The van der Waals surface area contributed by atoms with Crippen LogP contribution >= 0.6 is 0 Å². The van der Waals surface area contributed by atoms with Gasteiger partial charge in [-0.3, -0.25) is 4.79 Å². The lowest BCUT2D eigenvalue weighted by molar-refractivity contribution is -0.132. The first-order valence-electron chi connectivity index (χ1n) is 8.78. The molecule has 0 aliphatic carbocycles. The molecule has 0 bridgehead atoms. The minimum absolute atomic E-state index is 0.167. The van der Waals surface area contributed by atoms with E-state index >= 15 is 0 Å². The number of likely N-dealkylation sites (tertiary alicyclic amines) is 1. The summed E-state index contributed by atoms with van der Waals surface area (Å²) >= 11 is 0. The highest BCUT2D eigenvalue weighted by atomic mass is 16.5. The van der Waals surface area contributed by atoms with Gasteiger partial charge >= 0.3 is 0 Å². The molecule has 2 aromatic rings. The Bertz CT molecular complexity index is 720. The molecular formula is C19H25N3O3. The summed E-state index contributed by atoms with van der Waals surface area (Å²) in [5.41, 5.74) is 1.13. The summed E-state index contributed by atoms with van der Waals surface area (Å²) in [5.74, 6) is 2.86. The average Bonchev–Trinajstić information content (AvgIpc) is 3.08. The van der Waals surface area contributed by atoms with Crippen molar-refractivity contribution < 1.29 is 14.1 Å². The summed E-state index contributed by atoms with van der Waals surface area (Å²) in [6.45, 7) is 5.39. The zero-order valence-corrected chi connectivity index (χ0v) is 15.1. The SMILES string of the molecule is COc1cccc([C@@H](C)CC(=O)N2CCC(c3noc(C)n3)CC2)c1. The maximum absolute atomic E-state index is 12.6. The maximum atomic E-state index is 12.6. The van der Waals surface area contributed by atoms with Crippen LogP contribution in [0.25, 0.3) is 0 Å². The Morgan fingerprint density at radius 3 is 2.80 bits per heavy atom. The van der Waals surface area contributed by atoms with Gasteiger partial charge in [-0.15, -0.1) is 0 Å². The molecule has 6 heteroatoms. The van der Waals surface area contributed by atoms with Crippen LogP contribution in [0.3, 0.4) is 0 Å². The molecule has 25 heavy (non-hydrogen) atoms. The molecule has 1 atom stereocenters. The molecule has 1 aliphatic rings. The number of ether oxygens (including phenoxy) is 1. The third kappa shape index (κ3) is 4.18. The van der Waals surface area contributed by atoms with Gasteiger partial charge in [0.2, 0.25) is 11.8 Å². The third-order valence-corrected chi connectivity index (χ3v) is 4.90. The van der Waals surface area contributed by atoms with Crippen LogP contribution < -0.4 is 4.74 Å². The van der Waals surface area contributed by atoms with Crippen molar-refractivity contribution in [2.24, 2.45) is 0 Å². The number of hydrogen-bond acceptors (Lipinski definition) is 5. The minimum atomic E-state index is 0.167. The molecule has 1 fully saturated rings. The van der Waals surface area contributed by atoms with Crippen molar-refractivity contribution in [2.45, 2.75) is 44.9 Å². The fourth-order valence-corrected chi connectivity index (χ4v) is 3.32. The van der Waals surface area contributed by atoms with E-state index in [0.29, 0.717) is 12.3 Å². The van der Waals surface area contributed by atoms with Crippen molar-refractivity contribution in [1.82, 2.24) is 15.0 Å². The van der Waals surface area contributed by atoms with Crippen molar-refractivity contribution in [3.8, 4) is 5.75 Å². The smallest absolute Gasteiger partial charge is 0.223 e. The van der Waals surface area contributed by atoms with Crippen molar-refractivity contribution in [2.75, 3.05) is 20.2 Å². The van der Waals surface area contributed by atoms with Crippen LogP contribution in [0, 0.1) is 6.92 Å². The Morgan fingerprint density at radius 1 is 1.40 bits per heavy atom. The summed E-state index contributed by atoms with van der Waals surface area (Å²) in [6, 6.07) is 7.93. The Morgan fingerprint density at radius 2 is 2.16 bits per heavy atom. The number of nitrogens with zero attached hydrogens (tertiary/aromatic N) is 3. The van der Waals surface area contributed by atoms with E-state index in [2.05, 4.69) is 17.1 Å². The molecule has 0 spiro atoms. The fourth-order valence-electron chi connectivity index (χ4n) is 3.32. The van der Waals surface area contributed by atoms with Crippen LogP contribution in [0.4, 0.5) is 0 Å². The Labute approximate surface area is 148 Å². The number of methoxy groups -OCH3 is 1. The van der Waals surface area contributed by atoms with Gasteiger partial charge < -0.3 is 14.2 Å². The van der Waals surface area contributed by atoms with Crippen LogP contribution in [-0.4, -0.2) is 41.1 Å². The number of piperidine rings is 1. The van der Waals surface area contributed by atoms with Gasteiger partial charge in [-0.1, -0.05) is 24.2 Å². The fraction of sp³-hybridized carbons (Fsp3) is 0.526. The highest BCUT2D eigenvalue weighted by Gasteiger charge is 2.27. The molecule has 134 valence electrons. The number of aromatic nitrogens is 2. The van der Waals surface area contributed by atoms with Gasteiger partial charge in [-0.05, 0) is 36.5 Å². The third-order valence-electron chi connectivity index (χ3n) is 4.90. The second kappa shape index (κ2) is 7.68. The number of amides is 1. The lowest BCUT2D eigenvalue weighted by Gasteiger charge is -2.31. The zero-order valence-electron chi connectivity index (χ0n) is 15.1. The van der Waals surface area contributed by atoms with E-state index in [1.54, 1.807) is 14.0 Å². The van der Waals surface area contributed by atoms with E-state index in [0.717, 1.165) is 43.1 Å². The Kier molecular flexibility index (Phi) is 5.36. The van der Waals surface area contributed by atoms with E-state index in [9.17, 15) is 4.79 Å². The van der Waals surface area contributed by atoms with Crippen LogP contribution in [0.1, 0.15) is 55.3 Å². The topological polar surface area (TPSA) is 68.5 Å². The molecule has 0 unspecified atom stereocenters. The van der Waals surface area contributed by atoms with Gasteiger partial charge in [0.15, 0.2) is 5.82 Å². The lowest BCUT2D eigenvalue weighted by atomic mass is 9.94. The van der Waals surface area contributed by atoms with Crippen molar-refractivity contribution in [3.05, 3.63) is 41.5 Å². The summed E-state index contributed by atoms with van der Waals surface area (Å²) in [6.07, 6.45) is 2.29. The molecule has 0 radical (unpaired) electrons. The number of hydrogen-bond donors (Lipinski definition) is 0. The van der Waals surface area contributed by atoms with Crippen molar-refractivity contribution in [1.29, 1.82) is 0 Å². The zero-order chi connectivity index (χ0) is 17.8. The monoisotopic (exact) mass is 343 g/mol. The molecule has 1 aliphatic heterocycles. The minimum Gasteiger partial charge on any atom is -0.497 e. The molecule has 1 aromatic heterocycles. The van der Waals surface area contributed by atoms with Gasteiger partial charge in [0.1, 0.15) is 5.75 Å². The number of benzene rings is 1. The quantitative estimate of drug-likeness (QED) is 0.833. The predicted octanol–water partition coefficient (Wildman–Crippen LogP) is 3.29. The summed E-state index contributed by atoms with van der Waals surface area (Å²) < 4.78 is 10.3. The van der Waals surface area contributed by atoms with Crippen molar-refractivity contribution in [3.63, 3.8) is 0 Å². The number of rotatable bonds is 5. The summed E-state index contributed by atoms with van der Waals surface area (Å²) in [7, 11) is 1.66. The van der Waals surface area contributed by atoms with E-state index in [4.69, 9.17) is 9.26 Å². The molecule has 1 aromatic carbocycles.